The van der Waals surface area contributed by atoms with E-state index in [1.54, 1.807) is 6.26 Å². The van der Waals surface area contributed by atoms with Gasteiger partial charge in [-0.3, -0.25) is 0 Å². The Labute approximate surface area is 70.0 Å². The first kappa shape index (κ1) is 7.18. The van der Waals surface area contributed by atoms with E-state index in [0.717, 1.165) is 22.2 Å². The Balaban J connectivity index is 2.83. The predicted molar refractivity (Wildman–Crippen MR) is 48.5 cm³/mol. The van der Waals surface area contributed by atoms with Gasteiger partial charge in [0.15, 0.2) is 0 Å². The van der Waals surface area contributed by atoms with Crippen LogP contribution in [0.4, 0.5) is 5.69 Å². The van der Waals surface area contributed by atoms with Crippen LogP contribution < -0.4 is 11.5 Å². The minimum absolute atomic E-state index is 0.460. The second kappa shape index (κ2) is 2.53. The lowest BCUT2D eigenvalue weighted by Crippen LogP contribution is -1.96. The van der Waals surface area contributed by atoms with Gasteiger partial charge in [-0.2, -0.15) is 0 Å². The minimum Gasteiger partial charge on any atom is -0.464 e. The summed E-state index contributed by atoms with van der Waals surface area (Å²) in [6.07, 6.45) is 1.65. The van der Waals surface area contributed by atoms with Gasteiger partial charge in [-0.05, 0) is 12.1 Å². The molecule has 1 heterocycles. The van der Waals surface area contributed by atoms with Crippen molar-refractivity contribution in [2.45, 2.75) is 6.54 Å². The van der Waals surface area contributed by atoms with Gasteiger partial charge < -0.3 is 15.9 Å². The van der Waals surface area contributed by atoms with Gasteiger partial charge in [0.05, 0.1) is 6.26 Å². The van der Waals surface area contributed by atoms with Crippen LogP contribution in [0.25, 0.3) is 11.0 Å². The molecule has 0 radical (unpaired) electrons. The Hall–Kier alpha value is -1.48. The van der Waals surface area contributed by atoms with Gasteiger partial charge in [0.25, 0.3) is 0 Å². The molecule has 0 aliphatic carbocycles. The monoisotopic (exact) mass is 162 g/mol. The van der Waals surface area contributed by atoms with Crippen LogP contribution >= 0.6 is 0 Å². The molecule has 1 aromatic heterocycles. The van der Waals surface area contributed by atoms with E-state index in [1.807, 2.05) is 18.2 Å². The van der Waals surface area contributed by atoms with Gasteiger partial charge >= 0.3 is 0 Å². The number of nitrogens with two attached hydrogens (primary N) is 2. The lowest BCUT2D eigenvalue weighted by Gasteiger charge is -1.95. The Morgan fingerprint density at radius 3 is 2.92 bits per heavy atom. The lowest BCUT2D eigenvalue weighted by atomic mass is 10.1. The summed E-state index contributed by atoms with van der Waals surface area (Å²) in [5, 5.41) is 0.944. The number of anilines is 1. The van der Waals surface area contributed by atoms with E-state index < -0.39 is 0 Å². The summed E-state index contributed by atoms with van der Waals surface area (Å²) in [5.74, 6) is 0. The highest BCUT2D eigenvalue weighted by Gasteiger charge is 2.05. The maximum atomic E-state index is 5.76. The van der Waals surface area contributed by atoms with Crippen LogP contribution in [0, 0.1) is 0 Å². The number of furan rings is 1. The molecule has 0 unspecified atom stereocenters. The average molecular weight is 162 g/mol. The van der Waals surface area contributed by atoms with Crippen LogP contribution in [0.15, 0.2) is 28.9 Å². The molecule has 62 valence electrons. The quantitative estimate of drug-likeness (QED) is 0.624. The summed E-state index contributed by atoms with van der Waals surface area (Å²) in [4.78, 5) is 0. The number of nitrogen functional groups attached to an aromatic ring is 1. The van der Waals surface area contributed by atoms with E-state index in [-0.39, 0.29) is 0 Å². The Morgan fingerprint density at radius 2 is 2.17 bits per heavy atom. The third-order valence-electron chi connectivity index (χ3n) is 1.93. The van der Waals surface area contributed by atoms with Crippen molar-refractivity contribution in [3.8, 4) is 0 Å². The van der Waals surface area contributed by atoms with Crippen LogP contribution in [0.2, 0.25) is 0 Å². The molecule has 0 saturated heterocycles. The van der Waals surface area contributed by atoms with E-state index in [0.29, 0.717) is 6.54 Å². The van der Waals surface area contributed by atoms with Gasteiger partial charge in [-0.1, -0.05) is 6.07 Å². The summed E-state index contributed by atoms with van der Waals surface area (Å²) < 4.78 is 5.26. The molecule has 0 spiro atoms. The maximum Gasteiger partial charge on any atom is 0.136 e. The van der Waals surface area contributed by atoms with E-state index in [9.17, 15) is 0 Å². The molecule has 0 bridgehead atoms. The van der Waals surface area contributed by atoms with Crippen molar-refractivity contribution in [2.24, 2.45) is 5.73 Å². The maximum absolute atomic E-state index is 5.76. The van der Waals surface area contributed by atoms with Crippen LogP contribution in [0.1, 0.15) is 5.56 Å². The van der Waals surface area contributed by atoms with E-state index in [1.165, 1.54) is 0 Å². The smallest absolute Gasteiger partial charge is 0.136 e. The molecule has 12 heavy (non-hydrogen) atoms. The van der Waals surface area contributed by atoms with E-state index in [4.69, 9.17) is 15.9 Å². The van der Waals surface area contributed by atoms with Crippen molar-refractivity contribution in [3.63, 3.8) is 0 Å². The molecule has 0 aliphatic heterocycles. The second-order valence-electron chi connectivity index (χ2n) is 2.69. The topological polar surface area (TPSA) is 65.2 Å². The van der Waals surface area contributed by atoms with Crippen molar-refractivity contribution < 1.29 is 4.42 Å². The van der Waals surface area contributed by atoms with Crippen LogP contribution in [-0.2, 0) is 6.54 Å². The van der Waals surface area contributed by atoms with Crippen molar-refractivity contribution in [3.05, 3.63) is 30.0 Å². The molecule has 0 amide bonds. The molecule has 0 fully saturated rings. The molecule has 4 N–H and O–H groups in total. The number of benzene rings is 1. The van der Waals surface area contributed by atoms with Gasteiger partial charge in [-0.15, -0.1) is 0 Å². The highest BCUT2D eigenvalue weighted by molar-refractivity contribution is 5.92. The fraction of sp³-hybridized carbons (Fsp3) is 0.111. The summed E-state index contributed by atoms with van der Waals surface area (Å²) >= 11 is 0. The average Bonchev–Trinajstić information content (AvgIpc) is 2.49. The van der Waals surface area contributed by atoms with Gasteiger partial charge in [0, 0.05) is 23.2 Å². The number of hydrogen-bond donors (Lipinski definition) is 2. The molecular weight excluding hydrogens is 152 g/mol. The van der Waals surface area contributed by atoms with Crippen LogP contribution in [0.3, 0.4) is 0 Å². The summed E-state index contributed by atoms with van der Waals surface area (Å²) in [6.45, 7) is 0.460. The zero-order valence-corrected chi connectivity index (χ0v) is 6.58. The molecule has 1 aromatic carbocycles. The first-order chi connectivity index (χ1) is 5.83. The molecule has 0 saturated carbocycles. The SMILES string of the molecule is NCc1coc2cccc(N)c12. The van der Waals surface area contributed by atoms with Gasteiger partial charge in [0.1, 0.15) is 5.58 Å². The lowest BCUT2D eigenvalue weighted by molar-refractivity contribution is 0.610. The zero-order valence-electron chi connectivity index (χ0n) is 6.58. The van der Waals surface area contributed by atoms with E-state index >= 15 is 0 Å². The van der Waals surface area contributed by atoms with Gasteiger partial charge in [-0.25, -0.2) is 0 Å². The number of rotatable bonds is 1. The summed E-state index contributed by atoms with van der Waals surface area (Å²) in [6, 6.07) is 5.59. The van der Waals surface area contributed by atoms with Crippen molar-refractivity contribution in [2.75, 3.05) is 5.73 Å². The largest absolute Gasteiger partial charge is 0.464 e. The normalized spacial score (nSPS) is 10.8. The first-order valence-corrected chi connectivity index (χ1v) is 3.77. The second-order valence-corrected chi connectivity index (χ2v) is 2.69. The van der Waals surface area contributed by atoms with Crippen molar-refractivity contribution >= 4 is 16.7 Å². The van der Waals surface area contributed by atoms with E-state index in [2.05, 4.69) is 0 Å². The Bertz CT molecular complexity index is 406. The summed E-state index contributed by atoms with van der Waals surface area (Å²) in [5.41, 5.74) is 13.8. The Morgan fingerprint density at radius 1 is 1.33 bits per heavy atom. The fourth-order valence-corrected chi connectivity index (χ4v) is 1.33. The zero-order chi connectivity index (χ0) is 8.55. The third kappa shape index (κ3) is 0.871. The van der Waals surface area contributed by atoms with Crippen molar-refractivity contribution in [1.82, 2.24) is 0 Å². The summed E-state index contributed by atoms with van der Waals surface area (Å²) in [7, 11) is 0. The first-order valence-electron chi connectivity index (χ1n) is 3.77. The van der Waals surface area contributed by atoms with Crippen LogP contribution in [-0.4, -0.2) is 0 Å². The van der Waals surface area contributed by atoms with Crippen LogP contribution in [0.5, 0.6) is 0 Å². The highest BCUT2D eigenvalue weighted by Crippen LogP contribution is 2.25. The molecular formula is C9H10N2O. The molecule has 2 rings (SSSR count). The molecule has 0 atom stereocenters. The Kier molecular flexibility index (Phi) is 1.52. The molecule has 2 aromatic rings. The molecule has 3 heteroatoms. The number of hydrogen-bond acceptors (Lipinski definition) is 3. The standard InChI is InChI=1S/C9H10N2O/c10-4-6-5-12-8-3-1-2-7(11)9(6)8/h1-3,5H,4,10-11H2. The molecule has 3 nitrogen and oxygen atoms in total. The number of fused-ring (bicyclic) bond motifs is 1. The predicted octanol–water partition coefficient (Wildman–Crippen LogP) is 1.47. The highest BCUT2D eigenvalue weighted by atomic mass is 16.3. The fourth-order valence-electron chi connectivity index (χ4n) is 1.33. The third-order valence-corrected chi connectivity index (χ3v) is 1.93. The van der Waals surface area contributed by atoms with Gasteiger partial charge in [0.2, 0.25) is 0 Å². The minimum atomic E-state index is 0.460. The van der Waals surface area contributed by atoms with Crippen molar-refractivity contribution in [1.29, 1.82) is 0 Å². The molecule has 0 aliphatic rings.